The standard InChI is InChI=1S/C15H20BF3O2/c1-13(2)14(3,4)21-16(20-13)12-8-6-5-7-11(12)9-10-15(17,18)19/h5-8H,9-10H2,1-4H3. The zero-order chi connectivity index (χ0) is 15.9. The lowest BCUT2D eigenvalue weighted by atomic mass is 9.75. The lowest BCUT2D eigenvalue weighted by molar-refractivity contribution is -0.133. The molecule has 0 bridgehead atoms. The highest BCUT2D eigenvalue weighted by atomic mass is 19.4. The minimum Gasteiger partial charge on any atom is -0.399 e. The first-order valence-electron chi connectivity index (χ1n) is 7.02. The summed E-state index contributed by atoms with van der Waals surface area (Å²) >= 11 is 0. The summed E-state index contributed by atoms with van der Waals surface area (Å²) in [5, 5.41) is 0. The van der Waals surface area contributed by atoms with Crippen LogP contribution in [0.2, 0.25) is 0 Å². The van der Waals surface area contributed by atoms with Crippen LogP contribution in [0.5, 0.6) is 0 Å². The zero-order valence-corrected chi connectivity index (χ0v) is 12.8. The molecule has 1 heterocycles. The van der Waals surface area contributed by atoms with Gasteiger partial charge in [-0.1, -0.05) is 24.3 Å². The third-order valence-corrected chi connectivity index (χ3v) is 4.24. The SMILES string of the molecule is CC1(C)OB(c2ccccc2CCC(F)(F)F)OC1(C)C. The van der Waals surface area contributed by atoms with Crippen LogP contribution in [0.15, 0.2) is 24.3 Å². The summed E-state index contributed by atoms with van der Waals surface area (Å²) in [6.45, 7) is 7.69. The van der Waals surface area contributed by atoms with Crippen molar-refractivity contribution >= 4 is 12.6 Å². The van der Waals surface area contributed by atoms with Crippen molar-refractivity contribution in [3.63, 3.8) is 0 Å². The Bertz CT molecular complexity index is 496. The summed E-state index contributed by atoms with van der Waals surface area (Å²) in [7, 11) is -0.626. The smallest absolute Gasteiger partial charge is 0.399 e. The maximum Gasteiger partial charge on any atom is 0.495 e. The summed E-state index contributed by atoms with van der Waals surface area (Å²) in [5.74, 6) is 0. The second-order valence-electron chi connectivity index (χ2n) is 6.40. The highest BCUT2D eigenvalue weighted by Gasteiger charge is 2.52. The van der Waals surface area contributed by atoms with E-state index in [4.69, 9.17) is 9.31 Å². The van der Waals surface area contributed by atoms with E-state index in [2.05, 4.69) is 0 Å². The summed E-state index contributed by atoms with van der Waals surface area (Å²) in [6, 6.07) is 7.00. The molecule has 21 heavy (non-hydrogen) atoms. The largest absolute Gasteiger partial charge is 0.495 e. The van der Waals surface area contributed by atoms with Gasteiger partial charge < -0.3 is 9.31 Å². The topological polar surface area (TPSA) is 18.5 Å². The Kier molecular flexibility index (Phi) is 4.15. The van der Waals surface area contributed by atoms with Gasteiger partial charge in [-0.3, -0.25) is 0 Å². The Balaban J connectivity index is 2.22. The third kappa shape index (κ3) is 3.61. The average molecular weight is 300 g/mol. The molecule has 0 aliphatic carbocycles. The zero-order valence-electron chi connectivity index (χ0n) is 12.8. The van der Waals surface area contributed by atoms with Gasteiger partial charge in [0.25, 0.3) is 0 Å². The minimum atomic E-state index is -4.16. The number of hydrogen-bond acceptors (Lipinski definition) is 2. The van der Waals surface area contributed by atoms with Gasteiger partial charge in [-0.2, -0.15) is 13.2 Å². The van der Waals surface area contributed by atoms with Crippen LogP contribution in [-0.2, 0) is 15.7 Å². The first-order chi connectivity index (χ1) is 9.52. The van der Waals surface area contributed by atoms with Crippen LogP contribution < -0.4 is 5.46 Å². The Labute approximate surface area is 123 Å². The fraction of sp³-hybridized carbons (Fsp3) is 0.600. The molecule has 1 aromatic carbocycles. The molecule has 0 unspecified atom stereocenters. The van der Waals surface area contributed by atoms with Crippen molar-refractivity contribution in [1.82, 2.24) is 0 Å². The molecule has 0 saturated carbocycles. The van der Waals surface area contributed by atoms with Crippen LogP contribution in [0.25, 0.3) is 0 Å². The van der Waals surface area contributed by atoms with Crippen LogP contribution >= 0.6 is 0 Å². The van der Waals surface area contributed by atoms with E-state index in [-0.39, 0.29) is 6.42 Å². The Morgan fingerprint density at radius 2 is 1.52 bits per heavy atom. The van der Waals surface area contributed by atoms with Gasteiger partial charge in [-0.05, 0) is 45.1 Å². The molecule has 1 saturated heterocycles. The van der Waals surface area contributed by atoms with Crippen LogP contribution in [0.3, 0.4) is 0 Å². The highest BCUT2D eigenvalue weighted by molar-refractivity contribution is 6.62. The van der Waals surface area contributed by atoms with Crippen molar-refractivity contribution in [3.8, 4) is 0 Å². The van der Waals surface area contributed by atoms with Crippen LogP contribution in [0.4, 0.5) is 13.2 Å². The Hall–Kier alpha value is -1.01. The van der Waals surface area contributed by atoms with Gasteiger partial charge >= 0.3 is 13.3 Å². The fourth-order valence-corrected chi connectivity index (χ4v) is 2.24. The van der Waals surface area contributed by atoms with E-state index in [9.17, 15) is 13.2 Å². The quantitative estimate of drug-likeness (QED) is 0.796. The van der Waals surface area contributed by atoms with E-state index in [1.807, 2.05) is 27.7 Å². The maximum absolute atomic E-state index is 12.4. The average Bonchev–Trinajstić information content (AvgIpc) is 2.55. The molecule has 1 fully saturated rings. The second-order valence-corrected chi connectivity index (χ2v) is 6.40. The van der Waals surface area contributed by atoms with E-state index in [0.717, 1.165) is 0 Å². The van der Waals surface area contributed by atoms with Crippen molar-refractivity contribution in [2.45, 2.75) is 57.9 Å². The predicted octanol–water partition coefficient (Wildman–Crippen LogP) is 3.48. The van der Waals surface area contributed by atoms with Crippen LogP contribution in [0, 0.1) is 0 Å². The monoisotopic (exact) mass is 300 g/mol. The molecular formula is C15H20BF3O2. The number of rotatable bonds is 3. The van der Waals surface area contributed by atoms with E-state index in [0.29, 0.717) is 11.0 Å². The van der Waals surface area contributed by atoms with Gasteiger partial charge in [0, 0.05) is 6.42 Å². The first-order valence-corrected chi connectivity index (χ1v) is 7.02. The lowest BCUT2D eigenvalue weighted by Gasteiger charge is -2.32. The summed E-state index contributed by atoms with van der Waals surface area (Å²) in [6.07, 6.45) is -5.07. The molecule has 1 aliphatic rings. The predicted molar refractivity (Wildman–Crippen MR) is 76.5 cm³/mol. The highest BCUT2D eigenvalue weighted by Crippen LogP contribution is 2.36. The number of benzene rings is 1. The Morgan fingerprint density at radius 1 is 1.00 bits per heavy atom. The molecule has 1 aliphatic heterocycles. The normalized spacial score (nSPS) is 20.8. The summed E-state index contributed by atoms with van der Waals surface area (Å²) in [5.41, 5.74) is 0.289. The molecule has 116 valence electrons. The van der Waals surface area contributed by atoms with Crippen LogP contribution in [0.1, 0.15) is 39.7 Å². The van der Waals surface area contributed by atoms with Crippen molar-refractivity contribution in [2.24, 2.45) is 0 Å². The van der Waals surface area contributed by atoms with Crippen molar-refractivity contribution in [1.29, 1.82) is 0 Å². The number of halogens is 3. The number of hydrogen-bond donors (Lipinski definition) is 0. The van der Waals surface area contributed by atoms with E-state index in [1.165, 1.54) is 0 Å². The van der Waals surface area contributed by atoms with Gasteiger partial charge in [0.05, 0.1) is 11.2 Å². The number of aryl methyl sites for hydroxylation is 1. The molecule has 0 amide bonds. The fourth-order valence-electron chi connectivity index (χ4n) is 2.24. The number of alkyl halides is 3. The van der Waals surface area contributed by atoms with Crippen molar-refractivity contribution in [2.75, 3.05) is 0 Å². The molecule has 6 heteroatoms. The molecule has 0 radical (unpaired) electrons. The molecule has 2 rings (SSSR count). The minimum absolute atomic E-state index is 0.0657. The first kappa shape index (κ1) is 16.4. The van der Waals surface area contributed by atoms with Crippen LogP contribution in [-0.4, -0.2) is 24.5 Å². The van der Waals surface area contributed by atoms with E-state index in [1.54, 1.807) is 24.3 Å². The summed E-state index contributed by atoms with van der Waals surface area (Å²) < 4.78 is 49.1. The van der Waals surface area contributed by atoms with E-state index < -0.39 is 30.9 Å². The molecule has 0 N–H and O–H groups in total. The molecule has 0 aromatic heterocycles. The van der Waals surface area contributed by atoms with Gasteiger partial charge in [-0.15, -0.1) is 0 Å². The third-order valence-electron chi connectivity index (χ3n) is 4.24. The summed E-state index contributed by atoms with van der Waals surface area (Å²) in [4.78, 5) is 0. The molecule has 1 aromatic rings. The van der Waals surface area contributed by atoms with Crippen molar-refractivity contribution < 1.29 is 22.5 Å². The molecule has 2 nitrogen and oxygen atoms in total. The Morgan fingerprint density at radius 3 is 2.05 bits per heavy atom. The van der Waals surface area contributed by atoms with Crippen molar-refractivity contribution in [3.05, 3.63) is 29.8 Å². The lowest BCUT2D eigenvalue weighted by Crippen LogP contribution is -2.41. The van der Waals surface area contributed by atoms with Gasteiger partial charge in [0.1, 0.15) is 0 Å². The van der Waals surface area contributed by atoms with Gasteiger partial charge in [0.2, 0.25) is 0 Å². The second kappa shape index (κ2) is 5.32. The molecular weight excluding hydrogens is 280 g/mol. The van der Waals surface area contributed by atoms with Gasteiger partial charge in [0.15, 0.2) is 0 Å². The van der Waals surface area contributed by atoms with E-state index >= 15 is 0 Å². The molecule has 0 spiro atoms. The molecule has 0 atom stereocenters. The maximum atomic E-state index is 12.4. The van der Waals surface area contributed by atoms with Gasteiger partial charge in [-0.25, -0.2) is 0 Å².